The second kappa shape index (κ2) is 11.6. The number of anilines is 3. The SMILES string of the molecule is COCCCNC(=O)c1cc(NC(=O)Nc2ccc(F)c(F)c2)ccc1N1CCc2ccccc2C1. The van der Waals surface area contributed by atoms with E-state index in [-0.39, 0.29) is 11.6 Å². The van der Waals surface area contributed by atoms with E-state index >= 15 is 0 Å². The van der Waals surface area contributed by atoms with Crippen LogP contribution >= 0.6 is 0 Å². The molecule has 36 heavy (non-hydrogen) atoms. The zero-order chi connectivity index (χ0) is 25.5. The van der Waals surface area contributed by atoms with E-state index in [0.29, 0.717) is 37.4 Å². The fourth-order valence-electron chi connectivity index (χ4n) is 4.15. The third-order valence-electron chi connectivity index (χ3n) is 5.96. The van der Waals surface area contributed by atoms with Crippen molar-refractivity contribution in [1.82, 2.24) is 5.32 Å². The van der Waals surface area contributed by atoms with Crippen LogP contribution in [0, 0.1) is 11.6 Å². The maximum Gasteiger partial charge on any atom is 0.323 e. The molecule has 0 unspecified atom stereocenters. The molecule has 0 aliphatic carbocycles. The third kappa shape index (κ3) is 6.17. The summed E-state index contributed by atoms with van der Waals surface area (Å²) in [5, 5.41) is 8.03. The normalized spacial score (nSPS) is 12.6. The maximum atomic E-state index is 13.5. The van der Waals surface area contributed by atoms with Crippen molar-refractivity contribution in [3.8, 4) is 0 Å². The van der Waals surface area contributed by atoms with Gasteiger partial charge in [0.2, 0.25) is 0 Å². The number of ether oxygens (including phenoxy) is 1. The topological polar surface area (TPSA) is 82.7 Å². The summed E-state index contributed by atoms with van der Waals surface area (Å²) < 4.78 is 31.7. The van der Waals surface area contributed by atoms with E-state index in [1.54, 1.807) is 19.2 Å². The van der Waals surface area contributed by atoms with Crippen molar-refractivity contribution in [3.63, 3.8) is 0 Å². The minimum atomic E-state index is -1.06. The van der Waals surface area contributed by atoms with Gasteiger partial charge in [-0.05, 0) is 54.3 Å². The molecule has 0 saturated heterocycles. The molecule has 0 bridgehead atoms. The van der Waals surface area contributed by atoms with E-state index < -0.39 is 17.7 Å². The van der Waals surface area contributed by atoms with Gasteiger partial charge in [0.25, 0.3) is 5.91 Å². The fraction of sp³-hybridized carbons (Fsp3) is 0.259. The highest BCUT2D eigenvalue weighted by Gasteiger charge is 2.22. The van der Waals surface area contributed by atoms with Crippen LogP contribution in [-0.2, 0) is 17.7 Å². The first-order valence-corrected chi connectivity index (χ1v) is 11.7. The second-order valence-electron chi connectivity index (χ2n) is 8.48. The number of nitrogens with zero attached hydrogens (tertiary/aromatic N) is 1. The first kappa shape index (κ1) is 25.1. The lowest BCUT2D eigenvalue weighted by Crippen LogP contribution is -2.33. The molecule has 7 nitrogen and oxygen atoms in total. The first-order valence-electron chi connectivity index (χ1n) is 11.7. The number of methoxy groups -OCH3 is 1. The van der Waals surface area contributed by atoms with Crippen molar-refractivity contribution < 1.29 is 23.1 Å². The number of urea groups is 1. The molecular weight excluding hydrogens is 466 g/mol. The largest absolute Gasteiger partial charge is 0.385 e. The maximum absolute atomic E-state index is 13.5. The minimum Gasteiger partial charge on any atom is -0.385 e. The number of halogens is 2. The average Bonchev–Trinajstić information content (AvgIpc) is 2.88. The highest BCUT2D eigenvalue weighted by molar-refractivity contribution is 6.04. The van der Waals surface area contributed by atoms with Gasteiger partial charge in [0.1, 0.15) is 0 Å². The van der Waals surface area contributed by atoms with Gasteiger partial charge in [-0.2, -0.15) is 0 Å². The minimum absolute atomic E-state index is 0.103. The quantitative estimate of drug-likeness (QED) is 0.388. The Balaban J connectivity index is 1.53. The Morgan fingerprint density at radius 3 is 2.42 bits per heavy atom. The van der Waals surface area contributed by atoms with E-state index in [0.717, 1.165) is 30.8 Å². The molecule has 1 aliphatic heterocycles. The summed E-state index contributed by atoms with van der Waals surface area (Å²) in [7, 11) is 1.61. The Morgan fingerprint density at radius 2 is 1.67 bits per heavy atom. The third-order valence-corrected chi connectivity index (χ3v) is 5.96. The number of benzene rings is 3. The number of hydrogen-bond acceptors (Lipinski definition) is 4. The number of hydrogen-bond donors (Lipinski definition) is 3. The molecule has 188 valence electrons. The smallest absolute Gasteiger partial charge is 0.323 e. The number of amides is 3. The summed E-state index contributed by atoms with van der Waals surface area (Å²) in [5.41, 5.74) is 4.19. The molecule has 0 saturated carbocycles. The van der Waals surface area contributed by atoms with Crippen molar-refractivity contribution in [2.75, 3.05) is 42.3 Å². The van der Waals surface area contributed by atoms with Crippen LogP contribution in [0.3, 0.4) is 0 Å². The van der Waals surface area contributed by atoms with Crippen LogP contribution < -0.4 is 20.9 Å². The van der Waals surface area contributed by atoms with Gasteiger partial charge in [-0.3, -0.25) is 4.79 Å². The van der Waals surface area contributed by atoms with Gasteiger partial charge in [0.05, 0.1) is 5.56 Å². The lowest BCUT2D eigenvalue weighted by atomic mass is 9.98. The Morgan fingerprint density at radius 1 is 0.944 bits per heavy atom. The average molecular weight is 495 g/mol. The molecule has 3 aromatic carbocycles. The summed E-state index contributed by atoms with van der Waals surface area (Å²) in [6.45, 7) is 2.40. The molecular formula is C27H28F2N4O3. The van der Waals surface area contributed by atoms with E-state index in [1.807, 2.05) is 18.2 Å². The van der Waals surface area contributed by atoms with E-state index in [4.69, 9.17) is 4.74 Å². The van der Waals surface area contributed by atoms with E-state index in [9.17, 15) is 18.4 Å². The van der Waals surface area contributed by atoms with Crippen molar-refractivity contribution in [2.45, 2.75) is 19.4 Å². The summed E-state index contributed by atoms with van der Waals surface area (Å²) in [5.74, 6) is -2.32. The Kier molecular flexibility index (Phi) is 8.12. The van der Waals surface area contributed by atoms with Gasteiger partial charge in [0, 0.05) is 56.5 Å². The zero-order valence-corrected chi connectivity index (χ0v) is 19.9. The molecule has 0 atom stereocenters. The van der Waals surface area contributed by atoms with Gasteiger partial charge < -0.3 is 25.6 Å². The molecule has 0 fully saturated rings. The van der Waals surface area contributed by atoms with Gasteiger partial charge >= 0.3 is 6.03 Å². The Bertz CT molecular complexity index is 1250. The Labute approximate surface area is 208 Å². The number of fused-ring (bicyclic) bond motifs is 1. The fourth-order valence-corrected chi connectivity index (χ4v) is 4.15. The van der Waals surface area contributed by atoms with Gasteiger partial charge in [-0.1, -0.05) is 24.3 Å². The number of rotatable bonds is 8. The molecule has 1 aliphatic rings. The number of nitrogens with one attached hydrogen (secondary N) is 3. The Hall–Kier alpha value is -3.98. The molecule has 9 heteroatoms. The predicted octanol–water partition coefficient (Wildman–Crippen LogP) is 4.94. The van der Waals surface area contributed by atoms with Gasteiger partial charge in [0.15, 0.2) is 11.6 Å². The van der Waals surface area contributed by atoms with Crippen LogP contribution in [0.2, 0.25) is 0 Å². The molecule has 1 heterocycles. The number of carbonyl (C=O) groups excluding carboxylic acids is 2. The first-order chi connectivity index (χ1) is 17.4. The van der Waals surface area contributed by atoms with Gasteiger partial charge in [-0.15, -0.1) is 0 Å². The van der Waals surface area contributed by atoms with Crippen molar-refractivity contribution in [3.05, 3.63) is 89.0 Å². The van der Waals surface area contributed by atoms with Gasteiger partial charge in [-0.25, -0.2) is 13.6 Å². The van der Waals surface area contributed by atoms with Crippen LogP contribution in [0.4, 0.5) is 30.6 Å². The monoisotopic (exact) mass is 494 g/mol. The predicted molar refractivity (Wildman–Crippen MR) is 135 cm³/mol. The van der Waals surface area contributed by atoms with Crippen LogP contribution in [0.1, 0.15) is 27.9 Å². The highest BCUT2D eigenvalue weighted by atomic mass is 19.2. The van der Waals surface area contributed by atoms with Crippen LogP contribution in [0.25, 0.3) is 0 Å². The van der Waals surface area contributed by atoms with E-state index in [2.05, 4.69) is 33.0 Å². The zero-order valence-electron chi connectivity index (χ0n) is 19.9. The molecule has 0 aromatic heterocycles. The highest BCUT2D eigenvalue weighted by Crippen LogP contribution is 2.30. The summed E-state index contributed by atoms with van der Waals surface area (Å²) >= 11 is 0. The van der Waals surface area contributed by atoms with Crippen molar-refractivity contribution in [2.24, 2.45) is 0 Å². The molecule has 3 amide bonds. The van der Waals surface area contributed by atoms with Crippen molar-refractivity contribution >= 4 is 29.0 Å². The van der Waals surface area contributed by atoms with E-state index in [1.165, 1.54) is 17.2 Å². The second-order valence-corrected chi connectivity index (χ2v) is 8.48. The van der Waals surface area contributed by atoms with Crippen LogP contribution in [0.15, 0.2) is 60.7 Å². The molecule has 0 spiro atoms. The molecule has 3 aromatic rings. The lowest BCUT2D eigenvalue weighted by Gasteiger charge is -2.32. The van der Waals surface area contributed by atoms with Crippen LogP contribution in [0.5, 0.6) is 0 Å². The lowest BCUT2D eigenvalue weighted by molar-refractivity contribution is 0.0949. The summed E-state index contributed by atoms with van der Waals surface area (Å²) in [4.78, 5) is 27.7. The van der Waals surface area contributed by atoms with Crippen molar-refractivity contribution in [1.29, 1.82) is 0 Å². The number of carbonyl (C=O) groups is 2. The molecule has 0 radical (unpaired) electrons. The molecule has 4 rings (SSSR count). The summed E-state index contributed by atoms with van der Waals surface area (Å²) in [6.07, 6.45) is 1.53. The van der Waals surface area contributed by atoms with Crippen LogP contribution in [-0.4, -0.2) is 38.7 Å². The standard InChI is InChI=1S/C27H28F2N4O3/c1-36-14-4-12-30-26(34)22-15-20(31-27(35)32-21-7-9-23(28)24(29)16-21)8-10-25(22)33-13-11-18-5-2-3-6-19(18)17-33/h2-3,5-10,15-16H,4,11-14,17H2,1H3,(H,30,34)(H2,31,32,35). The molecule has 3 N–H and O–H groups in total. The summed E-state index contributed by atoms with van der Waals surface area (Å²) in [6, 6.07) is 15.8.